The van der Waals surface area contributed by atoms with Crippen molar-refractivity contribution in [3.8, 4) is 0 Å². The summed E-state index contributed by atoms with van der Waals surface area (Å²) in [7, 11) is -2.12. The van der Waals surface area contributed by atoms with Crippen LogP contribution in [-0.4, -0.2) is 32.5 Å². The van der Waals surface area contributed by atoms with Crippen LogP contribution in [0.15, 0.2) is 28.4 Å². The molecular weight excluding hydrogens is 283 g/mol. The highest BCUT2D eigenvalue weighted by atomic mass is 31.2. The molecule has 0 saturated carbocycles. The van der Waals surface area contributed by atoms with Crippen LogP contribution < -0.4 is 0 Å². The Kier molecular flexibility index (Phi) is 6.71. The fourth-order valence-electron chi connectivity index (χ4n) is 1.58. The molecule has 112 valence electrons. The van der Waals surface area contributed by atoms with Gasteiger partial charge in [-0.3, -0.25) is 4.57 Å². The highest BCUT2D eigenvalue weighted by Crippen LogP contribution is 2.49. The van der Waals surface area contributed by atoms with Crippen LogP contribution in [0.1, 0.15) is 19.6 Å². The van der Waals surface area contributed by atoms with Crippen molar-refractivity contribution in [2.45, 2.75) is 13.8 Å². The molecule has 0 unspecified atom stereocenters. The molecule has 7 heteroatoms. The number of esters is 1. The molecule has 0 aromatic carbocycles. The molecule has 0 radical (unpaired) electrons. The van der Waals surface area contributed by atoms with Crippen LogP contribution in [0.4, 0.5) is 0 Å². The number of furan rings is 1. The van der Waals surface area contributed by atoms with Crippen molar-refractivity contribution in [3.63, 3.8) is 0 Å². The minimum Gasteiger partial charge on any atom is -0.466 e. The maximum atomic E-state index is 12.4. The summed E-state index contributed by atoms with van der Waals surface area (Å²) in [5.74, 6) is -0.133. The molecule has 0 N–H and O–H groups in total. The zero-order valence-corrected chi connectivity index (χ0v) is 12.7. The Labute approximate surface area is 118 Å². The second-order valence-corrected chi connectivity index (χ2v) is 5.84. The van der Waals surface area contributed by atoms with E-state index >= 15 is 0 Å². The summed E-state index contributed by atoms with van der Waals surface area (Å²) in [4.78, 5) is 11.8. The van der Waals surface area contributed by atoms with Crippen LogP contribution in [0.3, 0.4) is 0 Å². The van der Waals surface area contributed by atoms with Gasteiger partial charge in [0.15, 0.2) is 0 Å². The topological polar surface area (TPSA) is 75.0 Å². The minimum atomic E-state index is -3.37. The SMILES string of the molecule is CCOP(=O)(C/C(=C\c1ccco1)C(=O)OC)OCC. The third-order valence-corrected chi connectivity index (χ3v) is 4.35. The summed E-state index contributed by atoms with van der Waals surface area (Å²) < 4.78 is 32.6. The summed E-state index contributed by atoms with van der Waals surface area (Å²) >= 11 is 0. The minimum absolute atomic E-state index is 0.165. The molecule has 0 aliphatic heterocycles. The Bertz CT molecular complexity index is 481. The first-order chi connectivity index (χ1) is 9.54. The van der Waals surface area contributed by atoms with Gasteiger partial charge in [-0.15, -0.1) is 0 Å². The highest BCUT2D eigenvalue weighted by molar-refractivity contribution is 7.54. The molecule has 0 spiro atoms. The van der Waals surface area contributed by atoms with Gasteiger partial charge in [-0.1, -0.05) is 0 Å². The van der Waals surface area contributed by atoms with Crippen molar-refractivity contribution >= 4 is 19.6 Å². The van der Waals surface area contributed by atoms with Gasteiger partial charge in [-0.05, 0) is 32.1 Å². The Balaban J connectivity index is 3.00. The van der Waals surface area contributed by atoms with E-state index in [1.807, 2.05) is 0 Å². The van der Waals surface area contributed by atoms with Crippen LogP contribution >= 0.6 is 7.60 Å². The molecule has 6 nitrogen and oxygen atoms in total. The van der Waals surface area contributed by atoms with Crippen molar-refractivity contribution in [1.29, 1.82) is 0 Å². The van der Waals surface area contributed by atoms with E-state index in [1.54, 1.807) is 26.0 Å². The molecule has 0 fully saturated rings. The molecule has 0 aliphatic rings. The summed E-state index contributed by atoms with van der Waals surface area (Å²) in [6.45, 7) is 3.87. The van der Waals surface area contributed by atoms with E-state index < -0.39 is 13.6 Å². The second kappa shape index (κ2) is 8.04. The van der Waals surface area contributed by atoms with E-state index in [0.29, 0.717) is 5.76 Å². The largest absolute Gasteiger partial charge is 0.466 e. The molecule has 1 rings (SSSR count). The van der Waals surface area contributed by atoms with Gasteiger partial charge in [0.25, 0.3) is 0 Å². The van der Waals surface area contributed by atoms with Crippen molar-refractivity contribution in [3.05, 3.63) is 29.7 Å². The van der Waals surface area contributed by atoms with Crippen LogP contribution in [0.2, 0.25) is 0 Å². The van der Waals surface area contributed by atoms with Crippen LogP contribution in [-0.2, 0) is 23.1 Å². The summed E-state index contributed by atoms with van der Waals surface area (Å²) in [5, 5.41) is 0. The van der Waals surface area contributed by atoms with E-state index in [1.165, 1.54) is 19.4 Å². The number of ether oxygens (including phenoxy) is 1. The average Bonchev–Trinajstić information content (AvgIpc) is 2.90. The van der Waals surface area contributed by atoms with Crippen molar-refractivity contribution < 1.29 is 27.6 Å². The first-order valence-electron chi connectivity index (χ1n) is 6.25. The molecule has 0 amide bonds. The number of rotatable bonds is 8. The van der Waals surface area contributed by atoms with Crippen molar-refractivity contribution in [1.82, 2.24) is 0 Å². The Morgan fingerprint density at radius 2 is 2.00 bits per heavy atom. The predicted molar refractivity (Wildman–Crippen MR) is 74.4 cm³/mol. The molecule has 20 heavy (non-hydrogen) atoms. The lowest BCUT2D eigenvalue weighted by Crippen LogP contribution is -2.11. The molecule has 0 saturated heterocycles. The molecule has 1 aromatic rings. The Morgan fingerprint density at radius 3 is 2.45 bits per heavy atom. The smallest absolute Gasteiger partial charge is 0.335 e. The van der Waals surface area contributed by atoms with Gasteiger partial charge in [-0.25, -0.2) is 4.79 Å². The van der Waals surface area contributed by atoms with Crippen LogP contribution in [0.25, 0.3) is 6.08 Å². The van der Waals surface area contributed by atoms with Gasteiger partial charge < -0.3 is 18.2 Å². The zero-order valence-electron chi connectivity index (χ0n) is 11.8. The predicted octanol–water partition coefficient (Wildman–Crippen LogP) is 3.10. The molecule has 0 bridgehead atoms. The fraction of sp³-hybridized carbons (Fsp3) is 0.462. The van der Waals surface area contributed by atoms with E-state index in [2.05, 4.69) is 4.74 Å². The monoisotopic (exact) mass is 302 g/mol. The summed E-state index contributed by atoms with van der Waals surface area (Å²) in [6, 6.07) is 3.36. The normalized spacial score (nSPS) is 12.4. The van der Waals surface area contributed by atoms with E-state index in [9.17, 15) is 9.36 Å². The lowest BCUT2D eigenvalue weighted by Gasteiger charge is -2.17. The maximum Gasteiger partial charge on any atom is 0.335 e. The molecule has 0 atom stereocenters. The van der Waals surface area contributed by atoms with Gasteiger partial charge in [0.2, 0.25) is 0 Å². The van der Waals surface area contributed by atoms with Gasteiger partial charge in [0, 0.05) is 0 Å². The highest BCUT2D eigenvalue weighted by Gasteiger charge is 2.28. The Morgan fingerprint density at radius 1 is 1.35 bits per heavy atom. The van der Waals surface area contributed by atoms with Gasteiger partial charge >= 0.3 is 13.6 Å². The lowest BCUT2D eigenvalue weighted by molar-refractivity contribution is -0.135. The third kappa shape index (κ3) is 4.96. The van der Waals surface area contributed by atoms with Crippen LogP contribution in [0, 0.1) is 0 Å². The first kappa shape index (κ1) is 16.7. The number of hydrogen-bond acceptors (Lipinski definition) is 6. The van der Waals surface area contributed by atoms with Gasteiger partial charge in [0.05, 0.1) is 38.3 Å². The maximum absolute atomic E-state index is 12.4. The molecule has 1 aromatic heterocycles. The summed E-state index contributed by atoms with van der Waals surface area (Å²) in [5.41, 5.74) is 0.174. The first-order valence-corrected chi connectivity index (χ1v) is 7.98. The number of hydrogen-bond donors (Lipinski definition) is 0. The quantitative estimate of drug-likeness (QED) is 0.417. The van der Waals surface area contributed by atoms with E-state index in [4.69, 9.17) is 13.5 Å². The fourth-order valence-corrected chi connectivity index (χ4v) is 3.26. The van der Waals surface area contributed by atoms with E-state index in [0.717, 1.165) is 0 Å². The number of carbonyl (C=O) groups excluding carboxylic acids is 1. The van der Waals surface area contributed by atoms with E-state index in [-0.39, 0.29) is 24.9 Å². The van der Waals surface area contributed by atoms with Crippen molar-refractivity contribution in [2.24, 2.45) is 0 Å². The van der Waals surface area contributed by atoms with Gasteiger partial charge in [-0.2, -0.15) is 0 Å². The van der Waals surface area contributed by atoms with Crippen LogP contribution in [0.5, 0.6) is 0 Å². The van der Waals surface area contributed by atoms with Crippen molar-refractivity contribution in [2.75, 3.05) is 26.5 Å². The Hall–Kier alpha value is -1.36. The van der Waals surface area contributed by atoms with Gasteiger partial charge in [0.1, 0.15) is 5.76 Å². The second-order valence-electron chi connectivity index (χ2n) is 3.78. The zero-order chi connectivity index (χ0) is 15.0. The average molecular weight is 302 g/mol. The lowest BCUT2D eigenvalue weighted by atomic mass is 10.2. The number of methoxy groups -OCH3 is 1. The third-order valence-electron chi connectivity index (χ3n) is 2.32. The number of carbonyl (C=O) groups is 1. The molecule has 1 heterocycles. The molecule has 0 aliphatic carbocycles. The standard InChI is InChI=1S/C13H19O6P/c1-4-18-20(15,19-5-2)10-11(13(14)16-3)9-12-7-6-8-17-12/h6-9H,4-5,10H2,1-3H3/b11-9+. The molecular formula is C13H19O6P. The summed E-state index contributed by atoms with van der Waals surface area (Å²) in [6.07, 6.45) is 2.78.